The molecule has 2 atom stereocenters. The summed E-state index contributed by atoms with van der Waals surface area (Å²) >= 11 is 6.70. The molecular weight excluding hydrogens is 364 g/mol. The molecule has 1 amide bonds. The summed E-state index contributed by atoms with van der Waals surface area (Å²) in [4.78, 5) is 17.6. The summed E-state index contributed by atoms with van der Waals surface area (Å²) in [6, 6.07) is 10.2. The fourth-order valence-corrected chi connectivity index (χ4v) is 4.39. The van der Waals surface area contributed by atoms with Crippen LogP contribution in [0.15, 0.2) is 30.3 Å². The second kappa shape index (κ2) is 8.60. The van der Waals surface area contributed by atoms with Crippen LogP contribution in [-0.4, -0.2) is 22.0 Å². The Balaban J connectivity index is 1.56. The number of thiazole rings is 1. The Hall–Kier alpha value is -1.99. The molecule has 0 unspecified atom stereocenters. The van der Waals surface area contributed by atoms with Crippen molar-refractivity contribution in [3.05, 3.63) is 40.9 Å². The summed E-state index contributed by atoms with van der Waals surface area (Å²) in [5.74, 6) is 0.374. The van der Waals surface area contributed by atoms with Gasteiger partial charge in [0.2, 0.25) is 0 Å². The van der Waals surface area contributed by atoms with E-state index in [4.69, 9.17) is 12.2 Å². The predicted octanol–water partition coefficient (Wildman–Crippen LogP) is 3.81. The van der Waals surface area contributed by atoms with Gasteiger partial charge in [0, 0.05) is 11.6 Å². The van der Waals surface area contributed by atoms with Crippen molar-refractivity contribution < 1.29 is 4.79 Å². The van der Waals surface area contributed by atoms with E-state index < -0.39 is 0 Å². The molecule has 0 saturated heterocycles. The number of carbonyl (C=O) groups excluding carboxylic acids is 1. The molecule has 0 bridgehead atoms. The van der Waals surface area contributed by atoms with Crippen molar-refractivity contribution in [3.63, 3.8) is 0 Å². The lowest BCUT2D eigenvalue weighted by molar-refractivity contribution is 0.0946. The maximum atomic E-state index is 12.5. The van der Waals surface area contributed by atoms with Crippen molar-refractivity contribution in [2.45, 2.75) is 45.6 Å². The maximum absolute atomic E-state index is 12.5. The van der Waals surface area contributed by atoms with Gasteiger partial charge in [0.15, 0.2) is 5.11 Å². The molecule has 3 N–H and O–H groups in total. The number of hydrogen-bond donors (Lipinski definition) is 3. The van der Waals surface area contributed by atoms with E-state index in [1.165, 1.54) is 30.6 Å². The number of carbonyl (C=O) groups is 1. The number of amides is 1. The Labute approximate surface area is 163 Å². The normalized spacial score (nSPS) is 19.6. The van der Waals surface area contributed by atoms with Crippen molar-refractivity contribution in [1.29, 1.82) is 0 Å². The van der Waals surface area contributed by atoms with E-state index >= 15 is 0 Å². The molecular formula is C19H24N4OS2. The minimum atomic E-state index is -0.219. The maximum Gasteiger partial charge on any atom is 0.281 e. The van der Waals surface area contributed by atoms with Crippen LogP contribution in [0, 0.1) is 12.8 Å². The Morgan fingerprint density at radius 1 is 1.19 bits per heavy atom. The average Bonchev–Trinajstić information content (AvgIpc) is 3.04. The number of benzene rings is 1. The average molecular weight is 389 g/mol. The second-order valence-corrected chi connectivity index (χ2v) is 8.13. The fraction of sp³-hybridized carbons (Fsp3) is 0.421. The minimum Gasteiger partial charge on any atom is -0.358 e. The molecule has 1 fully saturated rings. The highest BCUT2D eigenvalue weighted by Crippen LogP contribution is 2.27. The number of rotatable bonds is 3. The number of aryl methyl sites for hydroxylation is 1. The molecule has 1 saturated carbocycles. The first kappa shape index (κ1) is 18.8. The molecule has 0 spiro atoms. The zero-order chi connectivity index (χ0) is 18.5. The van der Waals surface area contributed by atoms with Crippen molar-refractivity contribution in [1.82, 2.24) is 21.2 Å². The summed E-state index contributed by atoms with van der Waals surface area (Å²) in [6.07, 6.45) is 4.84. The van der Waals surface area contributed by atoms with E-state index in [1.54, 1.807) is 0 Å². The Morgan fingerprint density at radius 3 is 2.65 bits per heavy atom. The van der Waals surface area contributed by atoms with Gasteiger partial charge in [-0.25, -0.2) is 4.98 Å². The van der Waals surface area contributed by atoms with Gasteiger partial charge in [-0.2, -0.15) is 0 Å². The third-order valence-electron chi connectivity index (χ3n) is 4.74. The molecule has 3 rings (SSSR count). The van der Waals surface area contributed by atoms with Crippen LogP contribution in [0.4, 0.5) is 0 Å². The van der Waals surface area contributed by atoms with Gasteiger partial charge in [-0.15, -0.1) is 11.3 Å². The van der Waals surface area contributed by atoms with Crippen LogP contribution in [0.3, 0.4) is 0 Å². The van der Waals surface area contributed by atoms with Crippen molar-refractivity contribution in [2.24, 2.45) is 5.92 Å². The molecule has 0 aliphatic heterocycles. The molecule has 138 valence electrons. The zero-order valence-electron chi connectivity index (χ0n) is 15.0. The van der Waals surface area contributed by atoms with E-state index in [1.807, 2.05) is 37.3 Å². The molecule has 1 aromatic carbocycles. The third kappa shape index (κ3) is 4.59. The first-order valence-corrected chi connectivity index (χ1v) is 10.2. The van der Waals surface area contributed by atoms with E-state index in [-0.39, 0.29) is 5.91 Å². The monoisotopic (exact) mass is 388 g/mol. The van der Waals surface area contributed by atoms with Gasteiger partial charge in [-0.3, -0.25) is 15.6 Å². The van der Waals surface area contributed by atoms with Gasteiger partial charge in [-0.1, -0.05) is 50.1 Å². The lowest BCUT2D eigenvalue weighted by Crippen LogP contribution is -2.51. The number of hydrogen-bond acceptors (Lipinski definition) is 4. The Morgan fingerprint density at radius 2 is 1.92 bits per heavy atom. The van der Waals surface area contributed by atoms with Gasteiger partial charge in [-0.05, 0) is 37.9 Å². The quantitative estimate of drug-likeness (QED) is 0.551. The van der Waals surface area contributed by atoms with Gasteiger partial charge >= 0.3 is 0 Å². The molecule has 1 heterocycles. The third-order valence-corrected chi connectivity index (χ3v) is 6.17. The van der Waals surface area contributed by atoms with E-state index in [0.29, 0.717) is 27.6 Å². The Kier molecular flexibility index (Phi) is 6.21. The van der Waals surface area contributed by atoms with Gasteiger partial charge in [0.05, 0.1) is 5.69 Å². The predicted molar refractivity (Wildman–Crippen MR) is 110 cm³/mol. The van der Waals surface area contributed by atoms with E-state index in [0.717, 1.165) is 17.0 Å². The molecule has 1 aliphatic carbocycles. The van der Waals surface area contributed by atoms with Crippen LogP contribution < -0.4 is 16.2 Å². The molecule has 2 aromatic rings. The van der Waals surface area contributed by atoms with Gasteiger partial charge in [0.1, 0.15) is 9.88 Å². The number of thiocarbonyl (C=S) groups is 1. The SMILES string of the molecule is Cc1nc(-c2ccccc2)sc1C(=O)NNC(=S)N[C@@H]1CCCC[C@H]1C. The van der Waals surface area contributed by atoms with Gasteiger partial charge in [0.25, 0.3) is 5.91 Å². The molecule has 1 aromatic heterocycles. The number of nitrogens with one attached hydrogen (secondary N) is 3. The highest BCUT2D eigenvalue weighted by Gasteiger charge is 2.22. The van der Waals surface area contributed by atoms with Gasteiger partial charge < -0.3 is 5.32 Å². The molecule has 7 heteroatoms. The number of hydrazine groups is 1. The first-order valence-electron chi connectivity index (χ1n) is 8.94. The topological polar surface area (TPSA) is 66.0 Å². The molecule has 0 radical (unpaired) electrons. The summed E-state index contributed by atoms with van der Waals surface area (Å²) in [6.45, 7) is 4.09. The molecule has 1 aliphatic rings. The van der Waals surface area contributed by atoms with E-state index in [9.17, 15) is 4.79 Å². The van der Waals surface area contributed by atoms with Crippen LogP contribution >= 0.6 is 23.6 Å². The smallest absolute Gasteiger partial charge is 0.281 e. The van der Waals surface area contributed by atoms with Crippen LogP contribution in [0.25, 0.3) is 10.6 Å². The highest BCUT2D eigenvalue weighted by molar-refractivity contribution is 7.80. The molecule has 5 nitrogen and oxygen atoms in total. The minimum absolute atomic E-state index is 0.219. The van der Waals surface area contributed by atoms with Crippen LogP contribution in [0.2, 0.25) is 0 Å². The zero-order valence-corrected chi connectivity index (χ0v) is 16.7. The second-order valence-electron chi connectivity index (χ2n) is 6.72. The van der Waals surface area contributed by atoms with E-state index in [2.05, 4.69) is 28.1 Å². The molecule has 26 heavy (non-hydrogen) atoms. The summed E-state index contributed by atoms with van der Waals surface area (Å²) in [7, 11) is 0. The first-order chi connectivity index (χ1) is 12.5. The van der Waals surface area contributed by atoms with Crippen molar-refractivity contribution in [3.8, 4) is 10.6 Å². The van der Waals surface area contributed by atoms with Crippen LogP contribution in [0.5, 0.6) is 0 Å². The number of nitrogens with zero attached hydrogens (tertiary/aromatic N) is 1. The van der Waals surface area contributed by atoms with Crippen LogP contribution in [-0.2, 0) is 0 Å². The van der Waals surface area contributed by atoms with Crippen molar-refractivity contribution >= 4 is 34.6 Å². The Bertz CT molecular complexity index is 775. The summed E-state index contributed by atoms with van der Waals surface area (Å²) < 4.78 is 0. The summed E-state index contributed by atoms with van der Waals surface area (Å²) in [5.41, 5.74) is 7.24. The highest BCUT2D eigenvalue weighted by atomic mass is 32.1. The van der Waals surface area contributed by atoms with Crippen molar-refractivity contribution in [2.75, 3.05) is 0 Å². The standard InChI is InChI=1S/C19H24N4OS2/c1-12-8-6-7-11-15(12)21-19(25)23-22-17(24)16-13(2)20-18(26-16)14-9-4-3-5-10-14/h3-5,9-10,12,15H,6-8,11H2,1-2H3,(H,22,24)(H2,21,23,25)/t12-,15-/m1/s1. The summed E-state index contributed by atoms with van der Waals surface area (Å²) in [5, 5.41) is 4.61. The fourth-order valence-electron chi connectivity index (χ4n) is 3.22. The number of aromatic nitrogens is 1. The van der Waals surface area contributed by atoms with Crippen LogP contribution in [0.1, 0.15) is 48.0 Å². The lowest BCUT2D eigenvalue weighted by atomic mass is 9.86. The largest absolute Gasteiger partial charge is 0.358 e. The lowest BCUT2D eigenvalue weighted by Gasteiger charge is -2.30.